The summed E-state index contributed by atoms with van der Waals surface area (Å²) in [5.41, 5.74) is 1.19. The first-order chi connectivity index (χ1) is 12.6. The smallest absolute Gasteiger partial charge is 0.246 e. The van der Waals surface area contributed by atoms with Crippen molar-refractivity contribution in [3.8, 4) is 0 Å². The third-order valence-electron chi connectivity index (χ3n) is 5.29. The van der Waals surface area contributed by atoms with Crippen molar-refractivity contribution >= 4 is 17.6 Å². The minimum atomic E-state index is 0.0738. The molecule has 144 valence electrons. The zero-order chi connectivity index (χ0) is 18.6. The quantitative estimate of drug-likeness (QED) is 0.442. The molecule has 1 N–H and O–H groups in total. The van der Waals surface area contributed by atoms with Crippen LogP contribution in [-0.2, 0) is 16.6 Å². The molecular formula is C18H30N6O2. The van der Waals surface area contributed by atoms with Gasteiger partial charge in [-0.05, 0) is 31.6 Å². The number of guanidine groups is 1. The van der Waals surface area contributed by atoms with E-state index in [1.807, 2.05) is 25.1 Å². The highest BCUT2D eigenvalue weighted by molar-refractivity contribution is 5.98. The van der Waals surface area contributed by atoms with Gasteiger partial charge < -0.3 is 19.9 Å². The molecule has 2 fully saturated rings. The molecule has 1 saturated heterocycles. The van der Waals surface area contributed by atoms with Gasteiger partial charge in [-0.1, -0.05) is 0 Å². The highest BCUT2D eigenvalue weighted by Crippen LogP contribution is 2.48. The van der Waals surface area contributed by atoms with Gasteiger partial charge >= 0.3 is 0 Å². The first-order valence-corrected chi connectivity index (χ1v) is 9.39. The Morgan fingerprint density at radius 3 is 2.81 bits per heavy atom. The second kappa shape index (κ2) is 8.07. The predicted octanol–water partition coefficient (Wildman–Crippen LogP) is 0.851. The normalized spacial score (nSPS) is 19.8. The molecule has 0 spiro atoms. The maximum atomic E-state index is 12.6. The number of aromatic nitrogens is 2. The fourth-order valence-electron chi connectivity index (χ4n) is 3.40. The highest BCUT2D eigenvalue weighted by atomic mass is 16.5. The number of anilines is 1. The number of rotatable bonds is 7. The molecule has 0 radical (unpaired) electrons. The lowest BCUT2D eigenvalue weighted by atomic mass is 10.0. The number of hydrogen-bond acceptors (Lipinski definition) is 4. The van der Waals surface area contributed by atoms with E-state index in [4.69, 9.17) is 4.74 Å². The maximum absolute atomic E-state index is 12.6. The van der Waals surface area contributed by atoms with Gasteiger partial charge in [-0.15, -0.1) is 0 Å². The molecule has 3 rings (SSSR count). The number of aliphatic imine (C=N–C) groups is 1. The summed E-state index contributed by atoms with van der Waals surface area (Å²) < 4.78 is 7.22. The number of ether oxygens (including phenoxy) is 1. The Kier molecular flexibility index (Phi) is 5.80. The van der Waals surface area contributed by atoms with Crippen molar-refractivity contribution in [3.05, 3.63) is 12.4 Å². The molecule has 0 atom stereocenters. The molecule has 1 amide bonds. The Morgan fingerprint density at radius 1 is 1.42 bits per heavy atom. The monoisotopic (exact) mass is 362 g/mol. The van der Waals surface area contributed by atoms with E-state index in [2.05, 4.69) is 15.4 Å². The first kappa shape index (κ1) is 18.7. The van der Waals surface area contributed by atoms with E-state index < -0.39 is 0 Å². The third-order valence-corrected chi connectivity index (χ3v) is 5.29. The highest BCUT2D eigenvalue weighted by Gasteiger charge is 2.42. The van der Waals surface area contributed by atoms with E-state index >= 15 is 0 Å². The number of aryl methyl sites for hydroxylation is 1. The van der Waals surface area contributed by atoms with Crippen LogP contribution in [0.3, 0.4) is 0 Å². The van der Waals surface area contributed by atoms with Gasteiger partial charge in [0.05, 0.1) is 11.9 Å². The zero-order valence-electron chi connectivity index (χ0n) is 16.1. The average Bonchev–Trinajstić information content (AvgIpc) is 3.27. The van der Waals surface area contributed by atoms with Gasteiger partial charge in [0.1, 0.15) is 6.54 Å². The Labute approximate surface area is 155 Å². The summed E-state index contributed by atoms with van der Waals surface area (Å²) in [4.78, 5) is 20.8. The van der Waals surface area contributed by atoms with Gasteiger partial charge in [0.15, 0.2) is 5.96 Å². The number of nitrogens with one attached hydrogen (secondary N) is 1. The van der Waals surface area contributed by atoms with Crippen LogP contribution in [-0.4, -0.2) is 73.0 Å². The van der Waals surface area contributed by atoms with E-state index in [9.17, 15) is 4.79 Å². The van der Waals surface area contributed by atoms with Crippen molar-refractivity contribution in [1.29, 1.82) is 0 Å². The van der Waals surface area contributed by atoms with Crippen LogP contribution in [0.2, 0.25) is 0 Å². The summed E-state index contributed by atoms with van der Waals surface area (Å²) in [6.45, 7) is 6.24. The van der Waals surface area contributed by atoms with Crippen LogP contribution in [0.5, 0.6) is 0 Å². The third kappa shape index (κ3) is 4.35. The average molecular weight is 362 g/mol. The fraction of sp³-hybridized carbons (Fsp3) is 0.722. The van der Waals surface area contributed by atoms with Crippen molar-refractivity contribution in [2.24, 2.45) is 17.5 Å². The molecule has 0 bridgehead atoms. The first-order valence-electron chi connectivity index (χ1n) is 9.39. The maximum Gasteiger partial charge on any atom is 0.246 e. The molecule has 1 aromatic rings. The molecule has 1 aromatic heterocycles. The summed E-state index contributed by atoms with van der Waals surface area (Å²) in [5, 5.41) is 7.63. The van der Waals surface area contributed by atoms with Crippen LogP contribution in [0.1, 0.15) is 26.2 Å². The van der Waals surface area contributed by atoms with E-state index in [0.29, 0.717) is 18.5 Å². The zero-order valence-corrected chi connectivity index (χ0v) is 16.1. The predicted molar refractivity (Wildman–Crippen MR) is 101 cm³/mol. The second-order valence-electron chi connectivity index (χ2n) is 7.19. The summed E-state index contributed by atoms with van der Waals surface area (Å²) in [7, 11) is 3.63. The standard InChI is InChI=1S/C18H30N6O2/c1-4-26-10-7-18(5-6-18)14-20-17(19-2)23-8-9-24(16(25)13-23)15-11-21-22(3)12-15/h11-12H,4-10,13-14H2,1-3H3,(H,19,20). The summed E-state index contributed by atoms with van der Waals surface area (Å²) in [5.74, 6) is 0.886. The summed E-state index contributed by atoms with van der Waals surface area (Å²) in [6, 6.07) is 0. The molecule has 2 heterocycles. The molecule has 2 aliphatic rings. The van der Waals surface area contributed by atoms with Crippen LogP contribution < -0.4 is 10.2 Å². The van der Waals surface area contributed by atoms with Gasteiger partial charge in [-0.25, -0.2) is 0 Å². The molecule has 1 aliphatic carbocycles. The van der Waals surface area contributed by atoms with Crippen molar-refractivity contribution in [2.75, 3.05) is 51.3 Å². The molecule has 0 unspecified atom stereocenters. The van der Waals surface area contributed by atoms with Crippen molar-refractivity contribution in [3.63, 3.8) is 0 Å². The number of carbonyl (C=O) groups excluding carboxylic acids is 1. The summed E-state index contributed by atoms with van der Waals surface area (Å²) in [6.07, 6.45) is 7.15. The largest absolute Gasteiger partial charge is 0.382 e. The van der Waals surface area contributed by atoms with Gasteiger partial charge in [0, 0.05) is 53.1 Å². The minimum Gasteiger partial charge on any atom is -0.382 e. The van der Waals surface area contributed by atoms with E-state index in [1.54, 1.807) is 22.8 Å². The number of carbonyl (C=O) groups is 1. The Balaban J connectivity index is 1.51. The Hall–Kier alpha value is -2.09. The van der Waals surface area contributed by atoms with Gasteiger partial charge in [-0.2, -0.15) is 5.10 Å². The molecular weight excluding hydrogens is 332 g/mol. The molecule has 26 heavy (non-hydrogen) atoms. The van der Waals surface area contributed by atoms with Crippen molar-refractivity contribution < 1.29 is 9.53 Å². The fourth-order valence-corrected chi connectivity index (χ4v) is 3.40. The molecule has 8 nitrogen and oxygen atoms in total. The van der Waals surface area contributed by atoms with E-state index in [0.717, 1.165) is 44.4 Å². The lowest BCUT2D eigenvalue weighted by molar-refractivity contribution is -0.120. The van der Waals surface area contributed by atoms with Gasteiger partial charge in [0.2, 0.25) is 5.91 Å². The Bertz CT molecular complexity index is 652. The SMILES string of the molecule is CCOCCC1(CNC(=NC)N2CCN(c3cnn(C)c3)C(=O)C2)CC1. The van der Waals surface area contributed by atoms with Crippen LogP contribution in [0.15, 0.2) is 17.4 Å². The van der Waals surface area contributed by atoms with E-state index in [1.165, 1.54) is 12.8 Å². The van der Waals surface area contributed by atoms with Crippen LogP contribution in [0, 0.1) is 5.41 Å². The van der Waals surface area contributed by atoms with Crippen molar-refractivity contribution in [2.45, 2.75) is 26.2 Å². The Morgan fingerprint density at radius 2 is 2.23 bits per heavy atom. The molecule has 0 aromatic carbocycles. The number of hydrogen-bond donors (Lipinski definition) is 1. The van der Waals surface area contributed by atoms with Crippen molar-refractivity contribution in [1.82, 2.24) is 20.0 Å². The van der Waals surface area contributed by atoms with Gasteiger partial charge in [-0.3, -0.25) is 14.5 Å². The molecule has 8 heteroatoms. The van der Waals surface area contributed by atoms with Crippen LogP contribution in [0.4, 0.5) is 5.69 Å². The van der Waals surface area contributed by atoms with Gasteiger partial charge in [0.25, 0.3) is 0 Å². The molecule has 1 aliphatic heterocycles. The topological polar surface area (TPSA) is 75.0 Å². The van der Waals surface area contributed by atoms with Crippen LogP contribution in [0.25, 0.3) is 0 Å². The number of nitrogens with zero attached hydrogens (tertiary/aromatic N) is 5. The lowest BCUT2D eigenvalue weighted by Gasteiger charge is -2.35. The summed E-state index contributed by atoms with van der Waals surface area (Å²) >= 11 is 0. The number of piperazine rings is 1. The second-order valence-corrected chi connectivity index (χ2v) is 7.19. The van der Waals surface area contributed by atoms with E-state index in [-0.39, 0.29) is 5.91 Å². The molecule has 1 saturated carbocycles. The van der Waals surface area contributed by atoms with Crippen LogP contribution >= 0.6 is 0 Å². The minimum absolute atomic E-state index is 0.0738. The number of amides is 1. The lowest BCUT2D eigenvalue weighted by Crippen LogP contribution is -2.55.